The van der Waals surface area contributed by atoms with Crippen molar-refractivity contribution in [2.75, 3.05) is 6.61 Å². The van der Waals surface area contributed by atoms with Crippen molar-refractivity contribution >= 4 is 0 Å². The Bertz CT molecular complexity index is 224. The van der Waals surface area contributed by atoms with Crippen molar-refractivity contribution in [1.29, 1.82) is 0 Å². The summed E-state index contributed by atoms with van der Waals surface area (Å²) in [7, 11) is 0. The van der Waals surface area contributed by atoms with E-state index in [4.69, 9.17) is 15.3 Å². The van der Waals surface area contributed by atoms with Crippen molar-refractivity contribution in [3.05, 3.63) is 23.9 Å². The molecule has 0 aliphatic heterocycles. The molecule has 0 bridgehead atoms. The second-order valence-corrected chi connectivity index (χ2v) is 2.29. The molecule has 1 atom stereocenters. The second kappa shape index (κ2) is 3.50. The predicted octanol–water partition coefficient (Wildman–Crippen LogP) is 0.801. The van der Waals surface area contributed by atoms with Gasteiger partial charge in [0.25, 0.3) is 0 Å². The van der Waals surface area contributed by atoms with E-state index in [1.165, 1.54) is 6.07 Å². The topological polar surface area (TPSA) is 59.4 Å². The number of furan rings is 1. The zero-order valence-corrected chi connectivity index (χ0v) is 5.96. The molecule has 1 rings (SSSR count). The zero-order chi connectivity index (χ0) is 8.27. The lowest BCUT2D eigenvalue weighted by Crippen LogP contribution is -2.10. The molecule has 0 unspecified atom stereocenters. The number of rotatable bonds is 3. The molecule has 0 fully saturated rings. The maximum Gasteiger partial charge on any atom is 0.161 e. The third-order valence-electron chi connectivity index (χ3n) is 1.39. The highest BCUT2D eigenvalue weighted by molar-refractivity contribution is 5.05. The van der Waals surface area contributed by atoms with E-state index in [9.17, 15) is 4.39 Å². The van der Waals surface area contributed by atoms with E-state index in [0.29, 0.717) is 12.2 Å². The van der Waals surface area contributed by atoms with Crippen LogP contribution in [-0.4, -0.2) is 11.7 Å². The number of halogens is 1. The van der Waals surface area contributed by atoms with Crippen LogP contribution in [0.15, 0.2) is 16.7 Å². The number of aliphatic hydroxyl groups excluding tert-OH is 1. The first-order chi connectivity index (χ1) is 5.24. The van der Waals surface area contributed by atoms with Crippen molar-refractivity contribution in [3.63, 3.8) is 0 Å². The SMILES string of the molecule is N[C@H](CCO)c1cc(F)co1. The van der Waals surface area contributed by atoms with Gasteiger partial charge < -0.3 is 15.3 Å². The van der Waals surface area contributed by atoms with Gasteiger partial charge >= 0.3 is 0 Å². The van der Waals surface area contributed by atoms with Crippen LogP contribution < -0.4 is 5.73 Å². The number of aliphatic hydroxyl groups is 1. The molecule has 1 heterocycles. The Labute approximate surface area is 63.6 Å². The number of hydrogen-bond acceptors (Lipinski definition) is 3. The fraction of sp³-hybridized carbons (Fsp3) is 0.429. The Morgan fingerprint density at radius 1 is 1.73 bits per heavy atom. The van der Waals surface area contributed by atoms with Gasteiger partial charge in [-0.3, -0.25) is 0 Å². The van der Waals surface area contributed by atoms with Crippen LogP contribution >= 0.6 is 0 Å². The van der Waals surface area contributed by atoms with Crippen molar-refractivity contribution < 1.29 is 13.9 Å². The molecule has 0 amide bonds. The Morgan fingerprint density at radius 3 is 2.91 bits per heavy atom. The standard InChI is InChI=1S/C7H10FNO2/c8-5-3-7(11-4-5)6(9)1-2-10/h3-4,6,10H,1-2,9H2/t6-/m1/s1. The highest BCUT2D eigenvalue weighted by Crippen LogP contribution is 2.15. The summed E-state index contributed by atoms with van der Waals surface area (Å²) in [6, 6.07) is 0.810. The molecule has 11 heavy (non-hydrogen) atoms. The Hall–Kier alpha value is -0.870. The molecular formula is C7H10FNO2. The van der Waals surface area contributed by atoms with Crippen LogP contribution in [0.3, 0.4) is 0 Å². The van der Waals surface area contributed by atoms with E-state index in [2.05, 4.69) is 0 Å². The van der Waals surface area contributed by atoms with E-state index >= 15 is 0 Å². The quantitative estimate of drug-likeness (QED) is 0.685. The van der Waals surface area contributed by atoms with Crippen molar-refractivity contribution in [2.45, 2.75) is 12.5 Å². The minimum absolute atomic E-state index is 0.0243. The highest BCUT2D eigenvalue weighted by Gasteiger charge is 2.09. The summed E-state index contributed by atoms with van der Waals surface area (Å²) in [4.78, 5) is 0. The van der Waals surface area contributed by atoms with Gasteiger partial charge in [0.15, 0.2) is 5.82 Å². The van der Waals surface area contributed by atoms with Gasteiger partial charge in [-0.25, -0.2) is 4.39 Å². The molecule has 0 aliphatic carbocycles. The summed E-state index contributed by atoms with van der Waals surface area (Å²) < 4.78 is 17.1. The first-order valence-electron chi connectivity index (χ1n) is 3.34. The Balaban J connectivity index is 2.60. The van der Waals surface area contributed by atoms with E-state index in [1.807, 2.05) is 0 Å². The van der Waals surface area contributed by atoms with Gasteiger partial charge in [0.2, 0.25) is 0 Å². The lowest BCUT2D eigenvalue weighted by molar-refractivity contribution is 0.268. The van der Waals surface area contributed by atoms with Gasteiger partial charge in [0.1, 0.15) is 12.0 Å². The molecule has 1 aromatic rings. The van der Waals surface area contributed by atoms with Crippen LogP contribution in [-0.2, 0) is 0 Å². The average molecular weight is 159 g/mol. The van der Waals surface area contributed by atoms with Gasteiger partial charge in [0, 0.05) is 12.7 Å². The average Bonchev–Trinajstić information content (AvgIpc) is 2.36. The lowest BCUT2D eigenvalue weighted by atomic mass is 10.2. The number of hydrogen-bond donors (Lipinski definition) is 2. The molecule has 3 N–H and O–H groups in total. The predicted molar refractivity (Wildman–Crippen MR) is 37.3 cm³/mol. The second-order valence-electron chi connectivity index (χ2n) is 2.29. The summed E-state index contributed by atoms with van der Waals surface area (Å²) >= 11 is 0. The van der Waals surface area contributed by atoms with Crippen molar-refractivity contribution in [1.82, 2.24) is 0 Å². The number of nitrogens with two attached hydrogens (primary N) is 1. The van der Waals surface area contributed by atoms with E-state index in [1.54, 1.807) is 0 Å². The van der Waals surface area contributed by atoms with Crippen LogP contribution in [0, 0.1) is 5.82 Å². The van der Waals surface area contributed by atoms with Crippen LogP contribution in [0.5, 0.6) is 0 Å². The third kappa shape index (κ3) is 2.03. The molecule has 0 aliphatic rings. The Kier molecular flexibility index (Phi) is 2.62. The van der Waals surface area contributed by atoms with Crippen LogP contribution in [0.25, 0.3) is 0 Å². The van der Waals surface area contributed by atoms with Crippen molar-refractivity contribution in [3.8, 4) is 0 Å². The van der Waals surface area contributed by atoms with E-state index < -0.39 is 11.9 Å². The lowest BCUT2D eigenvalue weighted by Gasteiger charge is -2.03. The van der Waals surface area contributed by atoms with E-state index in [-0.39, 0.29) is 6.61 Å². The Morgan fingerprint density at radius 2 is 2.45 bits per heavy atom. The van der Waals surface area contributed by atoms with Gasteiger partial charge in [-0.05, 0) is 6.42 Å². The molecule has 0 saturated heterocycles. The molecule has 62 valence electrons. The zero-order valence-electron chi connectivity index (χ0n) is 5.96. The van der Waals surface area contributed by atoms with Gasteiger partial charge in [-0.1, -0.05) is 0 Å². The summed E-state index contributed by atoms with van der Waals surface area (Å²) in [6.07, 6.45) is 1.37. The van der Waals surface area contributed by atoms with E-state index in [0.717, 1.165) is 6.26 Å². The fourth-order valence-corrected chi connectivity index (χ4v) is 0.804. The molecule has 0 radical (unpaired) electrons. The molecule has 0 saturated carbocycles. The van der Waals surface area contributed by atoms with Gasteiger partial charge in [-0.15, -0.1) is 0 Å². The molecule has 0 aromatic carbocycles. The highest BCUT2D eigenvalue weighted by atomic mass is 19.1. The maximum absolute atomic E-state index is 12.3. The monoisotopic (exact) mass is 159 g/mol. The minimum atomic E-state index is -0.437. The third-order valence-corrected chi connectivity index (χ3v) is 1.39. The smallest absolute Gasteiger partial charge is 0.161 e. The maximum atomic E-state index is 12.3. The molecule has 1 aromatic heterocycles. The molecule has 0 spiro atoms. The van der Waals surface area contributed by atoms with Gasteiger partial charge in [0.05, 0.1) is 6.04 Å². The first kappa shape index (κ1) is 8.23. The first-order valence-corrected chi connectivity index (χ1v) is 3.34. The molecule has 3 nitrogen and oxygen atoms in total. The molecule has 4 heteroatoms. The van der Waals surface area contributed by atoms with Crippen LogP contribution in [0.4, 0.5) is 4.39 Å². The van der Waals surface area contributed by atoms with Crippen molar-refractivity contribution in [2.24, 2.45) is 5.73 Å². The van der Waals surface area contributed by atoms with Crippen LogP contribution in [0.2, 0.25) is 0 Å². The summed E-state index contributed by atoms with van der Waals surface area (Å²) in [5.74, 6) is -0.0649. The summed E-state index contributed by atoms with van der Waals surface area (Å²) in [6.45, 7) is -0.0243. The van der Waals surface area contributed by atoms with Crippen LogP contribution in [0.1, 0.15) is 18.2 Å². The van der Waals surface area contributed by atoms with Gasteiger partial charge in [-0.2, -0.15) is 0 Å². The normalized spacial score (nSPS) is 13.4. The fourth-order valence-electron chi connectivity index (χ4n) is 0.804. The summed E-state index contributed by atoms with van der Waals surface area (Å²) in [5, 5.41) is 8.49. The molecular weight excluding hydrogens is 149 g/mol. The largest absolute Gasteiger partial charge is 0.465 e. The summed E-state index contributed by atoms with van der Waals surface area (Å²) in [5.41, 5.74) is 5.50. The minimum Gasteiger partial charge on any atom is -0.465 e.